The van der Waals surface area contributed by atoms with Crippen LogP contribution in [0.25, 0.3) is 21.9 Å². The summed E-state index contributed by atoms with van der Waals surface area (Å²) in [5, 5.41) is 15.5. The summed E-state index contributed by atoms with van der Waals surface area (Å²) in [4.78, 5) is 48.7. The Hall–Kier alpha value is -3.27. The number of thioether (sulfide) groups is 1. The summed E-state index contributed by atoms with van der Waals surface area (Å²) >= 11 is 1.50. The van der Waals surface area contributed by atoms with Crippen molar-refractivity contribution in [1.29, 1.82) is 0 Å². The Kier molecular flexibility index (Phi) is 7.49. The molecule has 0 aliphatic heterocycles. The van der Waals surface area contributed by atoms with Crippen LogP contribution in [0.5, 0.6) is 0 Å². The first-order valence-corrected chi connectivity index (χ1v) is 13.0. The molecule has 0 bridgehead atoms. The van der Waals surface area contributed by atoms with E-state index in [4.69, 9.17) is 13.9 Å². The van der Waals surface area contributed by atoms with E-state index in [0.29, 0.717) is 28.9 Å². The third-order valence-corrected chi connectivity index (χ3v) is 7.02. The van der Waals surface area contributed by atoms with Crippen LogP contribution in [0.15, 0.2) is 25.8 Å². The van der Waals surface area contributed by atoms with Crippen LogP contribution < -0.4 is 16.3 Å². The topological polar surface area (TPSA) is 139 Å². The van der Waals surface area contributed by atoms with Gasteiger partial charge in [-0.2, -0.15) is 11.8 Å². The maximum Gasteiger partial charge on any atom is 0.340 e. The molecule has 2 amide bonds. The van der Waals surface area contributed by atoms with E-state index in [1.54, 1.807) is 13.0 Å². The SMILES string of the molecule is CSCCC(NC(=O)Cc1c(C)c2cc3c4c(oc3cc2oc1=O)CCCC4)C(=O)NCC(=O)O. The highest BCUT2D eigenvalue weighted by molar-refractivity contribution is 7.98. The lowest BCUT2D eigenvalue weighted by atomic mass is 9.94. The van der Waals surface area contributed by atoms with Gasteiger partial charge >= 0.3 is 11.6 Å². The molecular weight excluding hydrogens is 472 g/mol. The summed E-state index contributed by atoms with van der Waals surface area (Å²) in [7, 11) is 0. The predicted octanol–water partition coefficient (Wildman–Crippen LogP) is 2.71. The van der Waals surface area contributed by atoms with Crippen LogP contribution in [-0.4, -0.2) is 47.5 Å². The van der Waals surface area contributed by atoms with Gasteiger partial charge in [-0.1, -0.05) is 0 Å². The number of aryl methyl sites for hydroxylation is 3. The molecule has 0 radical (unpaired) electrons. The molecule has 1 aliphatic rings. The minimum Gasteiger partial charge on any atom is -0.480 e. The zero-order chi connectivity index (χ0) is 25.1. The third-order valence-electron chi connectivity index (χ3n) is 6.38. The number of carbonyl (C=O) groups is 3. The normalized spacial score (nSPS) is 14.0. The van der Waals surface area contributed by atoms with Gasteiger partial charge < -0.3 is 24.6 Å². The Morgan fingerprint density at radius 2 is 1.86 bits per heavy atom. The van der Waals surface area contributed by atoms with Crippen molar-refractivity contribution >= 4 is 51.5 Å². The number of aliphatic carboxylic acids is 1. The average molecular weight is 501 g/mol. The molecular formula is C25H28N2O7S. The molecule has 4 rings (SSSR count). The first-order valence-electron chi connectivity index (χ1n) is 11.6. The Morgan fingerprint density at radius 3 is 2.60 bits per heavy atom. The second-order valence-electron chi connectivity index (χ2n) is 8.74. The van der Waals surface area contributed by atoms with Crippen LogP contribution >= 0.6 is 11.8 Å². The summed E-state index contributed by atoms with van der Waals surface area (Å²) in [5.74, 6) is -0.695. The number of hydrogen-bond acceptors (Lipinski definition) is 7. The molecule has 1 aromatic carbocycles. The maximum atomic E-state index is 12.8. The Balaban J connectivity index is 1.60. The number of benzene rings is 1. The van der Waals surface area contributed by atoms with Crippen LogP contribution in [0.2, 0.25) is 0 Å². The number of hydrogen-bond donors (Lipinski definition) is 3. The second-order valence-corrected chi connectivity index (χ2v) is 9.72. The van der Waals surface area contributed by atoms with Crippen molar-refractivity contribution in [2.45, 2.75) is 51.5 Å². The summed E-state index contributed by atoms with van der Waals surface area (Å²) < 4.78 is 11.6. The van der Waals surface area contributed by atoms with Gasteiger partial charge in [-0.3, -0.25) is 14.4 Å². The van der Waals surface area contributed by atoms with E-state index in [1.807, 2.05) is 12.3 Å². The summed E-state index contributed by atoms with van der Waals surface area (Å²) in [5.41, 5.74) is 2.55. The van der Waals surface area contributed by atoms with E-state index in [0.717, 1.165) is 42.2 Å². The maximum absolute atomic E-state index is 12.8. The van der Waals surface area contributed by atoms with Gasteiger partial charge in [0.1, 0.15) is 29.5 Å². The van der Waals surface area contributed by atoms with Gasteiger partial charge in [0.2, 0.25) is 11.8 Å². The van der Waals surface area contributed by atoms with Crippen LogP contribution in [0.4, 0.5) is 0 Å². The second kappa shape index (κ2) is 10.6. The number of carboxylic acid groups (broad SMARTS) is 1. The van der Waals surface area contributed by atoms with Crippen molar-refractivity contribution in [3.8, 4) is 0 Å². The smallest absolute Gasteiger partial charge is 0.340 e. The van der Waals surface area contributed by atoms with E-state index in [1.165, 1.54) is 17.3 Å². The lowest BCUT2D eigenvalue weighted by Gasteiger charge is -2.18. The molecule has 1 atom stereocenters. The quantitative estimate of drug-likeness (QED) is 0.381. The van der Waals surface area contributed by atoms with Crippen molar-refractivity contribution < 1.29 is 28.3 Å². The lowest BCUT2D eigenvalue weighted by Crippen LogP contribution is -2.48. The van der Waals surface area contributed by atoms with Gasteiger partial charge in [0, 0.05) is 28.8 Å². The minimum atomic E-state index is -1.18. The Bertz CT molecular complexity index is 1360. The summed E-state index contributed by atoms with van der Waals surface area (Å²) in [6.07, 6.45) is 5.97. The lowest BCUT2D eigenvalue weighted by molar-refractivity contribution is -0.138. The molecule has 10 heteroatoms. The van der Waals surface area contributed by atoms with Gasteiger partial charge in [0.25, 0.3) is 0 Å². The molecule has 3 N–H and O–H groups in total. The largest absolute Gasteiger partial charge is 0.480 e. The van der Waals surface area contributed by atoms with E-state index in [9.17, 15) is 19.2 Å². The molecule has 1 unspecified atom stereocenters. The highest BCUT2D eigenvalue weighted by atomic mass is 32.2. The highest BCUT2D eigenvalue weighted by Crippen LogP contribution is 2.35. The standard InChI is InChI=1S/C25H28N2O7S/c1-13-15-9-17-14-5-3-4-6-19(14)33-21(17)11-20(15)34-25(32)16(13)10-22(28)27-18(7-8-35-2)24(31)26-12-23(29)30/h9,11,18H,3-8,10,12H2,1-2H3,(H,26,31)(H,27,28)(H,29,30). The highest BCUT2D eigenvalue weighted by Gasteiger charge is 2.24. The van der Waals surface area contributed by atoms with Crippen molar-refractivity contribution in [1.82, 2.24) is 10.6 Å². The number of rotatable bonds is 9. The van der Waals surface area contributed by atoms with Crippen LogP contribution in [0.3, 0.4) is 0 Å². The van der Waals surface area contributed by atoms with Gasteiger partial charge in [0.15, 0.2) is 0 Å². The monoisotopic (exact) mass is 500 g/mol. The van der Waals surface area contributed by atoms with Crippen LogP contribution in [0, 0.1) is 6.92 Å². The first-order chi connectivity index (χ1) is 16.8. The van der Waals surface area contributed by atoms with Crippen molar-refractivity contribution in [3.63, 3.8) is 0 Å². The van der Waals surface area contributed by atoms with Gasteiger partial charge in [-0.05, 0) is 56.2 Å². The fourth-order valence-electron chi connectivity index (χ4n) is 4.55. The number of fused-ring (bicyclic) bond motifs is 4. The number of nitrogens with one attached hydrogen (secondary N) is 2. The predicted molar refractivity (Wildman–Crippen MR) is 133 cm³/mol. The number of carbonyl (C=O) groups excluding carboxylic acids is 2. The molecule has 0 saturated heterocycles. The van der Waals surface area contributed by atoms with Crippen molar-refractivity contribution in [2.24, 2.45) is 0 Å². The van der Waals surface area contributed by atoms with Gasteiger partial charge in [-0.15, -0.1) is 0 Å². The molecule has 0 saturated carbocycles. The average Bonchev–Trinajstić information content (AvgIpc) is 3.19. The van der Waals surface area contributed by atoms with Crippen molar-refractivity contribution in [2.75, 3.05) is 18.6 Å². The molecule has 2 aromatic heterocycles. The zero-order valence-corrected chi connectivity index (χ0v) is 20.5. The van der Waals surface area contributed by atoms with E-state index in [-0.39, 0.29) is 12.0 Å². The first kappa shape index (κ1) is 24.8. The minimum absolute atomic E-state index is 0.223. The van der Waals surface area contributed by atoms with Crippen LogP contribution in [0.1, 0.15) is 41.7 Å². The van der Waals surface area contributed by atoms with E-state index >= 15 is 0 Å². The molecule has 3 aromatic rings. The molecule has 0 spiro atoms. The fourth-order valence-corrected chi connectivity index (χ4v) is 5.02. The molecule has 2 heterocycles. The molecule has 35 heavy (non-hydrogen) atoms. The number of furan rings is 1. The van der Waals surface area contributed by atoms with Crippen LogP contribution in [-0.2, 0) is 33.6 Å². The zero-order valence-electron chi connectivity index (χ0n) is 19.7. The third kappa shape index (κ3) is 5.37. The van der Waals surface area contributed by atoms with Crippen molar-refractivity contribution in [3.05, 3.63) is 45.0 Å². The van der Waals surface area contributed by atoms with Gasteiger partial charge in [0.05, 0.1) is 12.0 Å². The molecule has 9 nitrogen and oxygen atoms in total. The van der Waals surface area contributed by atoms with Gasteiger partial charge in [-0.25, -0.2) is 4.79 Å². The molecule has 186 valence electrons. The Morgan fingerprint density at radius 1 is 1.11 bits per heavy atom. The summed E-state index contributed by atoms with van der Waals surface area (Å²) in [6, 6.07) is 2.81. The Labute approximate surface area is 205 Å². The van der Waals surface area contributed by atoms with E-state index < -0.39 is 36.0 Å². The number of carboxylic acids is 1. The number of amides is 2. The summed E-state index contributed by atoms with van der Waals surface area (Å²) in [6.45, 7) is 1.25. The fraction of sp³-hybridized carbons (Fsp3) is 0.440. The van der Waals surface area contributed by atoms with E-state index in [2.05, 4.69) is 10.6 Å². The molecule has 1 aliphatic carbocycles. The molecule has 0 fully saturated rings.